The molecule has 0 saturated carbocycles. The summed E-state index contributed by atoms with van der Waals surface area (Å²) in [5.41, 5.74) is 6.41. The van der Waals surface area contributed by atoms with Crippen LogP contribution in [0.5, 0.6) is 0 Å². The van der Waals surface area contributed by atoms with Gasteiger partial charge in [-0.25, -0.2) is 4.79 Å². The molecule has 1 aliphatic rings. The maximum atomic E-state index is 10.9. The van der Waals surface area contributed by atoms with Gasteiger partial charge in [0.1, 0.15) is 0 Å². The molecule has 0 amide bonds. The average molecular weight is 245 g/mol. The highest BCUT2D eigenvalue weighted by Crippen LogP contribution is 2.17. The van der Waals surface area contributed by atoms with E-state index in [1.807, 2.05) is 26.8 Å². The third-order valence-corrected chi connectivity index (χ3v) is 2.12. The lowest BCUT2D eigenvalue weighted by atomic mass is 9.96. The summed E-state index contributed by atoms with van der Waals surface area (Å²) in [6.45, 7) is 6.25. The SMILES string of the molecule is CC.CCCO.COC(=O)C1=CCC(N)CC1. The van der Waals surface area contributed by atoms with Crippen LogP contribution in [0, 0.1) is 0 Å². The van der Waals surface area contributed by atoms with Crippen LogP contribution < -0.4 is 5.73 Å². The molecule has 3 N–H and O–H groups in total. The first kappa shape index (κ1) is 18.5. The van der Waals surface area contributed by atoms with E-state index in [0.29, 0.717) is 6.61 Å². The molecule has 4 heteroatoms. The van der Waals surface area contributed by atoms with Gasteiger partial charge >= 0.3 is 5.97 Å². The van der Waals surface area contributed by atoms with Crippen molar-refractivity contribution in [2.24, 2.45) is 5.73 Å². The smallest absolute Gasteiger partial charge is 0.333 e. The average Bonchev–Trinajstić information content (AvgIpc) is 2.41. The molecule has 0 bridgehead atoms. The van der Waals surface area contributed by atoms with Crippen LogP contribution in [0.3, 0.4) is 0 Å². The van der Waals surface area contributed by atoms with Gasteiger partial charge in [0, 0.05) is 18.2 Å². The van der Waals surface area contributed by atoms with Crippen LogP contribution in [-0.4, -0.2) is 30.8 Å². The summed E-state index contributed by atoms with van der Waals surface area (Å²) in [5, 5.41) is 7.88. The molecule has 0 fully saturated rings. The first-order valence-corrected chi connectivity index (χ1v) is 6.29. The Morgan fingerprint density at radius 2 is 2.12 bits per heavy atom. The number of carbonyl (C=O) groups excluding carboxylic acids is 1. The molecule has 102 valence electrons. The predicted molar refractivity (Wildman–Crippen MR) is 70.7 cm³/mol. The van der Waals surface area contributed by atoms with E-state index >= 15 is 0 Å². The van der Waals surface area contributed by atoms with E-state index in [-0.39, 0.29) is 12.0 Å². The van der Waals surface area contributed by atoms with Crippen molar-refractivity contribution >= 4 is 5.97 Å². The Morgan fingerprint density at radius 3 is 2.41 bits per heavy atom. The van der Waals surface area contributed by atoms with Gasteiger partial charge in [-0.15, -0.1) is 0 Å². The summed E-state index contributed by atoms with van der Waals surface area (Å²) in [4.78, 5) is 10.9. The number of esters is 1. The quantitative estimate of drug-likeness (QED) is 0.730. The zero-order valence-electron chi connectivity index (χ0n) is 11.5. The lowest BCUT2D eigenvalue weighted by Gasteiger charge is -2.16. The van der Waals surface area contributed by atoms with Crippen molar-refractivity contribution in [3.05, 3.63) is 11.6 Å². The van der Waals surface area contributed by atoms with Crippen LogP contribution in [0.1, 0.15) is 46.5 Å². The standard InChI is InChI=1S/C8H13NO2.C3H8O.C2H6/c1-11-8(10)6-2-4-7(9)5-3-6;1-2-3-4;1-2/h2,7H,3-5,9H2,1H3;4H,2-3H2,1H3;1-2H3. The Hall–Kier alpha value is -0.870. The molecule has 4 nitrogen and oxygen atoms in total. The van der Waals surface area contributed by atoms with Gasteiger partial charge in [-0.2, -0.15) is 0 Å². The highest BCUT2D eigenvalue weighted by Gasteiger charge is 2.15. The van der Waals surface area contributed by atoms with Gasteiger partial charge in [0.05, 0.1) is 7.11 Å². The van der Waals surface area contributed by atoms with Crippen molar-refractivity contribution in [1.29, 1.82) is 0 Å². The number of methoxy groups -OCH3 is 1. The summed E-state index contributed by atoms with van der Waals surface area (Å²) in [6, 6.07) is 0.225. The van der Waals surface area contributed by atoms with Crippen molar-refractivity contribution in [2.75, 3.05) is 13.7 Å². The van der Waals surface area contributed by atoms with Gasteiger partial charge in [-0.1, -0.05) is 26.8 Å². The number of aliphatic hydroxyl groups is 1. The zero-order valence-corrected chi connectivity index (χ0v) is 11.5. The Balaban J connectivity index is 0. The van der Waals surface area contributed by atoms with Crippen LogP contribution in [0.4, 0.5) is 0 Å². The minimum atomic E-state index is -0.211. The molecule has 17 heavy (non-hydrogen) atoms. The molecule has 0 aromatic heterocycles. The molecular weight excluding hydrogens is 218 g/mol. The van der Waals surface area contributed by atoms with E-state index in [0.717, 1.165) is 31.3 Å². The summed E-state index contributed by atoms with van der Waals surface area (Å²) in [5.74, 6) is -0.211. The summed E-state index contributed by atoms with van der Waals surface area (Å²) in [6.07, 6.45) is 5.19. The van der Waals surface area contributed by atoms with Gasteiger partial charge in [0.2, 0.25) is 0 Å². The monoisotopic (exact) mass is 245 g/mol. The van der Waals surface area contributed by atoms with Crippen molar-refractivity contribution < 1.29 is 14.6 Å². The molecule has 1 rings (SSSR count). The Kier molecular flexibility index (Phi) is 14.4. The number of rotatable bonds is 2. The zero-order chi connectivity index (χ0) is 13.7. The van der Waals surface area contributed by atoms with Crippen LogP contribution >= 0.6 is 0 Å². The Bertz CT molecular complexity index is 213. The summed E-state index contributed by atoms with van der Waals surface area (Å²) in [7, 11) is 1.40. The molecule has 1 aliphatic carbocycles. The van der Waals surface area contributed by atoms with Gasteiger partial charge in [-0.05, 0) is 25.7 Å². The number of ether oxygens (including phenoxy) is 1. The maximum Gasteiger partial charge on any atom is 0.333 e. The lowest BCUT2D eigenvalue weighted by molar-refractivity contribution is -0.136. The maximum absolute atomic E-state index is 10.9. The Morgan fingerprint density at radius 1 is 1.59 bits per heavy atom. The number of hydrogen-bond donors (Lipinski definition) is 2. The minimum Gasteiger partial charge on any atom is -0.466 e. The second-order valence-electron chi connectivity index (χ2n) is 3.48. The van der Waals surface area contributed by atoms with Gasteiger partial charge < -0.3 is 15.6 Å². The van der Waals surface area contributed by atoms with Gasteiger partial charge in [0.15, 0.2) is 0 Å². The fourth-order valence-electron chi connectivity index (χ4n) is 1.17. The van der Waals surface area contributed by atoms with E-state index in [1.165, 1.54) is 7.11 Å². The molecule has 0 radical (unpaired) electrons. The van der Waals surface area contributed by atoms with Gasteiger partial charge in [-0.3, -0.25) is 0 Å². The third kappa shape index (κ3) is 10.0. The first-order valence-electron chi connectivity index (χ1n) is 6.29. The highest BCUT2D eigenvalue weighted by atomic mass is 16.5. The number of aliphatic hydroxyl groups excluding tert-OH is 1. The van der Waals surface area contributed by atoms with Crippen LogP contribution in [0.15, 0.2) is 11.6 Å². The second-order valence-corrected chi connectivity index (χ2v) is 3.48. The topological polar surface area (TPSA) is 72.5 Å². The molecular formula is C13H27NO3. The molecule has 0 aliphatic heterocycles. The predicted octanol–water partition coefficient (Wildman–Crippen LogP) is 2.01. The van der Waals surface area contributed by atoms with Crippen LogP contribution in [0.25, 0.3) is 0 Å². The van der Waals surface area contributed by atoms with E-state index in [1.54, 1.807) is 0 Å². The van der Waals surface area contributed by atoms with E-state index < -0.39 is 0 Å². The number of hydrogen-bond acceptors (Lipinski definition) is 4. The normalized spacial score (nSPS) is 17.8. The van der Waals surface area contributed by atoms with Crippen molar-refractivity contribution in [3.8, 4) is 0 Å². The van der Waals surface area contributed by atoms with E-state index in [9.17, 15) is 4.79 Å². The molecule has 1 unspecified atom stereocenters. The van der Waals surface area contributed by atoms with Crippen molar-refractivity contribution in [3.63, 3.8) is 0 Å². The lowest BCUT2D eigenvalue weighted by Crippen LogP contribution is -2.23. The number of carbonyl (C=O) groups is 1. The molecule has 0 heterocycles. The van der Waals surface area contributed by atoms with E-state index in [4.69, 9.17) is 10.8 Å². The van der Waals surface area contributed by atoms with Gasteiger partial charge in [0.25, 0.3) is 0 Å². The summed E-state index contributed by atoms with van der Waals surface area (Å²) < 4.78 is 4.58. The molecule has 0 spiro atoms. The van der Waals surface area contributed by atoms with Crippen LogP contribution in [-0.2, 0) is 9.53 Å². The summed E-state index contributed by atoms with van der Waals surface area (Å²) >= 11 is 0. The second kappa shape index (κ2) is 13.2. The fraction of sp³-hybridized carbons (Fsp3) is 0.769. The molecule has 0 aromatic rings. The molecule has 1 atom stereocenters. The molecule has 0 aromatic carbocycles. The van der Waals surface area contributed by atoms with Crippen molar-refractivity contribution in [2.45, 2.75) is 52.5 Å². The third-order valence-electron chi connectivity index (χ3n) is 2.12. The minimum absolute atomic E-state index is 0.211. The first-order chi connectivity index (χ1) is 8.15. The van der Waals surface area contributed by atoms with Crippen LogP contribution in [0.2, 0.25) is 0 Å². The highest BCUT2D eigenvalue weighted by molar-refractivity contribution is 5.88. The number of nitrogens with two attached hydrogens (primary N) is 1. The fourth-order valence-corrected chi connectivity index (χ4v) is 1.17. The largest absolute Gasteiger partial charge is 0.466 e. The van der Waals surface area contributed by atoms with Crippen molar-refractivity contribution in [1.82, 2.24) is 0 Å². The Labute approximate surface area is 105 Å². The molecule has 0 saturated heterocycles. The van der Waals surface area contributed by atoms with E-state index in [2.05, 4.69) is 4.74 Å².